The monoisotopic (exact) mass is 464 g/mol. The molecule has 0 saturated carbocycles. The van der Waals surface area contributed by atoms with E-state index in [0.29, 0.717) is 18.7 Å². The molecule has 0 saturated heterocycles. The molecule has 0 unspecified atom stereocenters. The van der Waals surface area contributed by atoms with Gasteiger partial charge in [-0.25, -0.2) is 9.79 Å². The van der Waals surface area contributed by atoms with Crippen LogP contribution in [0.3, 0.4) is 0 Å². The summed E-state index contributed by atoms with van der Waals surface area (Å²) in [6.45, 7) is 1.35. The Morgan fingerprint density at radius 3 is 1.67 bits per heavy atom. The van der Waals surface area contributed by atoms with Gasteiger partial charge in [-0.15, -0.1) is 0 Å². The van der Waals surface area contributed by atoms with Gasteiger partial charge in [0.1, 0.15) is 11.5 Å². The highest BCUT2D eigenvalue weighted by molar-refractivity contribution is 8.13. The summed E-state index contributed by atoms with van der Waals surface area (Å²) >= 11 is 1.58. The summed E-state index contributed by atoms with van der Waals surface area (Å²) in [6.07, 6.45) is 2.01. The van der Waals surface area contributed by atoms with E-state index < -0.39 is 0 Å². The Morgan fingerprint density at radius 1 is 0.788 bits per heavy atom. The average Bonchev–Trinajstić information content (AvgIpc) is 2.87. The van der Waals surface area contributed by atoms with Crippen molar-refractivity contribution in [3.63, 3.8) is 0 Å². The highest BCUT2D eigenvalue weighted by Crippen LogP contribution is 2.23. The number of carbonyl (C=O) groups is 1. The molecular formula is C26H28N2O4S. The first kappa shape index (κ1) is 24.2. The molecule has 172 valence electrons. The molecule has 0 N–H and O–H groups in total. The van der Waals surface area contributed by atoms with E-state index in [1.165, 1.54) is 7.11 Å². The molecule has 0 aliphatic carbocycles. The third kappa shape index (κ3) is 6.76. The van der Waals surface area contributed by atoms with Crippen LogP contribution in [0.15, 0.2) is 77.8 Å². The van der Waals surface area contributed by atoms with Crippen molar-refractivity contribution in [3.05, 3.63) is 89.5 Å². The molecule has 0 bridgehead atoms. The first-order chi connectivity index (χ1) is 16.1. The minimum absolute atomic E-state index is 0.365. The Kier molecular flexibility index (Phi) is 8.78. The highest BCUT2D eigenvalue weighted by atomic mass is 32.2. The number of aliphatic imine (C=N–C) groups is 1. The Labute approximate surface area is 199 Å². The Bertz CT molecular complexity index is 1020. The number of methoxy groups -OCH3 is 3. The normalized spacial score (nSPS) is 11.1. The van der Waals surface area contributed by atoms with Crippen LogP contribution in [0.2, 0.25) is 0 Å². The van der Waals surface area contributed by atoms with E-state index in [0.717, 1.165) is 33.5 Å². The molecule has 3 aromatic rings. The van der Waals surface area contributed by atoms with Crippen molar-refractivity contribution in [2.75, 3.05) is 27.6 Å². The number of rotatable bonds is 8. The fourth-order valence-electron chi connectivity index (χ4n) is 3.24. The molecule has 0 aliphatic heterocycles. The maximum Gasteiger partial charge on any atom is 0.337 e. The number of carbonyl (C=O) groups excluding carboxylic acids is 1. The summed E-state index contributed by atoms with van der Waals surface area (Å²) < 4.78 is 15.4. The lowest BCUT2D eigenvalue weighted by atomic mass is 10.1. The molecule has 0 heterocycles. The minimum atomic E-state index is -0.365. The molecule has 0 atom stereocenters. The van der Waals surface area contributed by atoms with Gasteiger partial charge in [-0.1, -0.05) is 36.0 Å². The van der Waals surface area contributed by atoms with E-state index >= 15 is 0 Å². The van der Waals surface area contributed by atoms with Gasteiger partial charge in [0.25, 0.3) is 0 Å². The molecule has 6 nitrogen and oxygen atoms in total. The molecule has 0 aliphatic rings. The van der Waals surface area contributed by atoms with Gasteiger partial charge < -0.3 is 19.1 Å². The van der Waals surface area contributed by atoms with Gasteiger partial charge in [0.05, 0.1) is 32.6 Å². The Balaban J connectivity index is 1.89. The maximum atomic E-state index is 11.7. The second-order valence-electron chi connectivity index (χ2n) is 7.19. The third-order valence-electron chi connectivity index (χ3n) is 5.03. The van der Waals surface area contributed by atoms with Crippen LogP contribution >= 0.6 is 11.8 Å². The Hall–Kier alpha value is -3.45. The molecule has 0 amide bonds. The van der Waals surface area contributed by atoms with Crippen LogP contribution in [0.5, 0.6) is 11.5 Å². The number of hydrogen-bond acceptors (Lipinski definition) is 6. The predicted molar refractivity (Wildman–Crippen MR) is 134 cm³/mol. The molecule has 0 aromatic heterocycles. The zero-order valence-corrected chi connectivity index (χ0v) is 20.1. The van der Waals surface area contributed by atoms with Gasteiger partial charge in [0, 0.05) is 13.1 Å². The molecule has 3 rings (SSSR count). The smallest absolute Gasteiger partial charge is 0.337 e. The van der Waals surface area contributed by atoms with Crippen molar-refractivity contribution in [1.82, 2.24) is 4.90 Å². The lowest BCUT2D eigenvalue weighted by molar-refractivity contribution is 0.0601. The van der Waals surface area contributed by atoms with Gasteiger partial charge in [-0.2, -0.15) is 0 Å². The van der Waals surface area contributed by atoms with Gasteiger partial charge in [-0.3, -0.25) is 0 Å². The average molecular weight is 465 g/mol. The van der Waals surface area contributed by atoms with Crippen LogP contribution in [-0.4, -0.2) is 43.6 Å². The first-order valence-corrected chi connectivity index (χ1v) is 11.6. The lowest BCUT2D eigenvalue weighted by Crippen LogP contribution is -2.27. The Morgan fingerprint density at radius 2 is 1.27 bits per heavy atom. The number of benzene rings is 3. The van der Waals surface area contributed by atoms with E-state index in [2.05, 4.69) is 29.2 Å². The van der Waals surface area contributed by atoms with E-state index in [9.17, 15) is 4.79 Å². The van der Waals surface area contributed by atoms with Crippen LogP contribution in [0, 0.1) is 0 Å². The molecule has 33 heavy (non-hydrogen) atoms. The van der Waals surface area contributed by atoms with E-state index in [4.69, 9.17) is 19.2 Å². The van der Waals surface area contributed by atoms with Crippen molar-refractivity contribution in [2.45, 2.75) is 13.1 Å². The van der Waals surface area contributed by atoms with Crippen molar-refractivity contribution in [1.29, 1.82) is 0 Å². The lowest BCUT2D eigenvalue weighted by Gasteiger charge is -2.26. The molecule has 0 fully saturated rings. The molecule has 3 aromatic carbocycles. The summed E-state index contributed by atoms with van der Waals surface area (Å²) in [5.41, 5.74) is 3.55. The number of esters is 1. The van der Waals surface area contributed by atoms with Gasteiger partial charge >= 0.3 is 5.97 Å². The predicted octanol–water partition coefficient (Wildman–Crippen LogP) is 5.54. The standard InChI is InChI=1S/C26H28N2O4S/c1-30-23-13-5-19(6-14-23)17-28(18-20-7-15-24(31-2)16-8-20)26(33-4)27-22-11-9-21(10-12-22)25(29)32-3/h5-16H,17-18H2,1-4H3. The number of ether oxygens (including phenoxy) is 3. The quantitative estimate of drug-likeness (QED) is 0.248. The zero-order chi connectivity index (χ0) is 23.6. The van der Waals surface area contributed by atoms with Crippen molar-refractivity contribution in [2.24, 2.45) is 4.99 Å². The van der Waals surface area contributed by atoms with Crippen molar-refractivity contribution in [3.8, 4) is 11.5 Å². The third-order valence-corrected chi connectivity index (χ3v) is 5.75. The highest BCUT2D eigenvalue weighted by Gasteiger charge is 2.14. The number of nitrogens with zero attached hydrogens (tertiary/aromatic N) is 2. The van der Waals surface area contributed by atoms with Crippen molar-refractivity contribution < 1.29 is 19.0 Å². The summed E-state index contributed by atoms with van der Waals surface area (Å²) in [5.74, 6) is 1.28. The van der Waals surface area contributed by atoms with E-state index in [1.807, 2.05) is 42.7 Å². The topological polar surface area (TPSA) is 60.4 Å². The second kappa shape index (κ2) is 12.0. The van der Waals surface area contributed by atoms with E-state index in [1.54, 1.807) is 38.1 Å². The number of amidine groups is 1. The van der Waals surface area contributed by atoms with Crippen LogP contribution in [0.4, 0.5) is 5.69 Å². The number of thioether (sulfide) groups is 1. The fourth-order valence-corrected chi connectivity index (χ4v) is 3.82. The van der Waals surface area contributed by atoms with Gasteiger partial charge in [0.2, 0.25) is 0 Å². The first-order valence-electron chi connectivity index (χ1n) is 10.4. The van der Waals surface area contributed by atoms with Crippen LogP contribution in [0.25, 0.3) is 0 Å². The fraction of sp³-hybridized carbons (Fsp3) is 0.231. The maximum absolute atomic E-state index is 11.7. The SMILES string of the molecule is COC(=O)c1ccc(N=C(SC)N(Cc2ccc(OC)cc2)Cc2ccc(OC)cc2)cc1. The van der Waals surface area contributed by atoms with E-state index in [-0.39, 0.29) is 5.97 Å². The summed E-state index contributed by atoms with van der Waals surface area (Å²) in [4.78, 5) is 18.8. The van der Waals surface area contributed by atoms with Crippen LogP contribution < -0.4 is 9.47 Å². The van der Waals surface area contributed by atoms with Crippen molar-refractivity contribution >= 4 is 28.6 Å². The summed E-state index contributed by atoms with van der Waals surface area (Å²) in [5, 5.41) is 0.868. The molecule has 0 radical (unpaired) electrons. The largest absolute Gasteiger partial charge is 0.497 e. The summed E-state index contributed by atoms with van der Waals surface area (Å²) in [7, 11) is 4.69. The minimum Gasteiger partial charge on any atom is -0.497 e. The van der Waals surface area contributed by atoms with Gasteiger partial charge in [-0.05, 0) is 65.9 Å². The summed E-state index contributed by atoms with van der Waals surface area (Å²) in [6, 6.07) is 23.2. The van der Waals surface area contributed by atoms with Crippen LogP contribution in [0.1, 0.15) is 21.5 Å². The second-order valence-corrected chi connectivity index (χ2v) is 7.96. The molecular weight excluding hydrogens is 436 g/mol. The number of hydrogen-bond donors (Lipinski definition) is 0. The van der Waals surface area contributed by atoms with Gasteiger partial charge in [0.15, 0.2) is 5.17 Å². The molecule has 0 spiro atoms. The molecule has 7 heteroatoms. The zero-order valence-electron chi connectivity index (χ0n) is 19.3. The van der Waals surface area contributed by atoms with Crippen LogP contribution in [-0.2, 0) is 17.8 Å².